The molecule has 108 valence electrons. The summed E-state index contributed by atoms with van der Waals surface area (Å²) >= 11 is 0. The molecule has 0 radical (unpaired) electrons. The predicted molar refractivity (Wildman–Crippen MR) is 79.7 cm³/mol. The molecule has 0 fully saturated rings. The van der Waals surface area contributed by atoms with Crippen molar-refractivity contribution >= 4 is 0 Å². The smallest absolute Gasteiger partial charge is 0.119 e. The second kappa shape index (κ2) is 8.18. The lowest BCUT2D eigenvalue weighted by Gasteiger charge is -2.26. The Morgan fingerprint density at radius 3 is 2.42 bits per heavy atom. The number of para-hydroxylation sites is 1. The number of benzene rings is 1. The van der Waals surface area contributed by atoms with Gasteiger partial charge in [-0.05, 0) is 12.1 Å². The van der Waals surface area contributed by atoms with Crippen molar-refractivity contribution in [3.05, 3.63) is 30.3 Å². The summed E-state index contributed by atoms with van der Waals surface area (Å²) in [6, 6.07) is 10.3. The highest BCUT2D eigenvalue weighted by Gasteiger charge is 2.18. The third-order valence-corrected chi connectivity index (χ3v) is 2.72. The maximum Gasteiger partial charge on any atom is 0.119 e. The maximum absolute atomic E-state index is 5.69. The molecule has 3 nitrogen and oxygen atoms in total. The molecule has 0 aliphatic carbocycles. The van der Waals surface area contributed by atoms with Crippen LogP contribution in [0.25, 0.3) is 0 Å². The highest BCUT2D eigenvalue weighted by atomic mass is 16.5. The highest BCUT2D eigenvalue weighted by molar-refractivity contribution is 5.20. The summed E-state index contributed by atoms with van der Waals surface area (Å²) < 4.78 is 11.3. The molecular formula is C16H27NO2. The average Bonchev–Trinajstić information content (AvgIpc) is 2.37. The Hall–Kier alpha value is -1.06. The Balaban J connectivity index is 2.10. The minimum Gasteiger partial charge on any atom is -0.491 e. The van der Waals surface area contributed by atoms with Gasteiger partial charge in [0, 0.05) is 18.0 Å². The van der Waals surface area contributed by atoms with Crippen molar-refractivity contribution in [1.29, 1.82) is 0 Å². The maximum atomic E-state index is 5.69. The van der Waals surface area contributed by atoms with E-state index in [0.29, 0.717) is 19.3 Å². The van der Waals surface area contributed by atoms with E-state index in [1.54, 1.807) is 0 Å². The molecule has 0 amide bonds. The molecule has 0 aliphatic heterocycles. The van der Waals surface area contributed by atoms with Crippen LogP contribution < -0.4 is 10.1 Å². The van der Waals surface area contributed by atoms with Crippen LogP contribution in [-0.2, 0) is 4.74 Å². The first kappa shape index (κ1) is 16.0. The molecule has 0 bridgehead atoms. The largest absolute Gasteiger partial charge is 0.491 e. The fraction of sp³-hybridized carbons (Fsp3) is 0.625. The lowest BCUT2D eigenvalue weighted by Crippen LogP contribution is -2.37. The van der Waals surface area contributed by atoms with E-state index in [0.717, 1.165) is 18.9 Å². The summed E-state index contributed by atoms with van der Waals surface area (Å²) in [5, 5.41) is 3.44. The molecule has 0 spiro atoms. The Morgan fingerprint density at radius 2 is 1.79 bits per heavy atom. The van der Waals surface area contributed by atoms with Gasteiger partial charge in [-0.2, -0.15) is 0 Å². The van der Waals surface area contributed by atoms with E-state index in [4.69, 9.17) is 9.47 Å². The van der Waals surface area contributed by atoms with Gasteiger partial charge in [-0.25, -0.2) is 0 Å². The van der Waals surface area contributed by atoms with Crippen LogP contribution in [0.2, 0.25) is 0 Å². The van der Waals surface area contributed by atoms with Crippen LogP contribution in [0, 0.1) is 5.41 Å². The molecule has 0 atom stereocenters. The zero-order chi connectivity index (χ0) is 14.1. The standard InChI is InChI=1S/C16H27NO2/c1-14(2)17-12-16(3,4)13-18-10-11-19-15-8-6-5-7-9-15/h5-9,14,17H,10-13H2,1-4H3. The highest BCUT2D eigenvalue weighted by Crippen LogP contribution is 2.14. The van der Waals surface area contributed by atoms with Crippen molar-refractivity contribution in [2.24, 2.45) is 5.41 Å². The fourth-order valence-electron chi connectivity index (χ4n) is 1.62. The minimum absolute atomic E-state index is 0.150. The van der Waals surface area contributed by atoms with Crippen molar-refractivity contribution in [1.82, 2.24) is 5.32 Å². The van der Waals surface area contributed by atoms with Crippen LogP contribution in [0.5, 0.6) is 5.75 Å². The van der Waals surface area contributed by atoms with E-state index in [2.05, 4.69) is 33.0 Å². The van der Waals surface area contributed by atoms with Gasteiger partial charge in [0.2, 0.25) is 0 Å². The molecule has 0 aliphatic rings. The van der Waals surface area contributed by atoms with Crippen molar-refractivity contribution in [3.8, 4) is 5.75 Å². The van der Waals surface area contributed by atoms with Crippen LogP contribution in [0.1, 0.15) is 27.7 Å². The van der Waals surface area contributed by atoms with E-state index < -0.39 is 0 Å². The van der Waals surface area contributed by atoms with Gasteiger partial charge >= 0.3 is 0 Å². The van der Waals surface area contributed by atoms with Gasteiger partial charge in [-0.1, -0.05) is 45.9 Å². The molecule has 1 aromatic rings. The summed E-state index contributed by atoms with van der Waals surface area (Å²) in [5.41, 5.74) is 0.150. The van der Waals surface area contributed by atoms with Crippen molar-refractivity contribution in [2.45, 2.75) is 33.7 Å². The first-order valence-corrected chi connectivity index (χ1v) is 6.98. The summed E-state index contributed by atoms with van der Waals surface area (Å²) in [7, 11) is 0. The lowest BCUT2D eigenvalue weighted by atomic mass is 9.94. The zero-order valence-corrected chi connectivity index (χ0v) is 12.6. The molecule has 3 heteroatoms. The average molecular weight is 265 g/mol. The van der Waals surface area contributed by atoms with E-state index in [-0.39, 0.29) is 5.41 Å². The lowest BCUT2D eigenvalue weighted by molar-refractivity contribution is 0.0434. The van der Waals surface area contributed by atoms with Gasteiger partial charge in [-0.15, -0.1) is 0 Å². The normalized spacial score (nSPS) is 11.8. The summed E-state index contributed by atoms with van der Waals surface area (Å²) in [5.74, 6) is 0.895. The summed E-state index contributed by atoms with van der Waals surface area (Å²) in [6.45, 7) is 11.7. The molecule has 1 rings (SSSR count). The van der Waals surface area contributed by atoms with Crippen LogP contribution in [0.15, 0.2) is 30.3 Å². The molecule has 19 heavy (non-hydrogen) atoms. The summed E-state index contributed by atoms with van der Waals surface area (Å²) in [6.07, 6.45) is 0. The van der Waals surface area contributed by atoms with Gasteiger partial charge in [0.05, 0.1) is 13.2 Å². The van der Waals surface area contributed by atoms with Gasteiger partial charge in [0.15, 0.2) is 0 Å². The quantitative estimate of drug-likeness (QED) is 0.696. The first-order valence-electron chi connectivity index (χ1n) is 6.98. The SMILES string of the molecule is CC(C)NCC(C)(C)COCCOc1ccccc1. The Bertz CT molecular complexity index is 336. The van der Waals surface area contributed by atoms with Crippen LogP contribution in [-0.4, -0.2) is 32.4 Å². The first-order chi connectivity index (χ1) is 8.99. The van der Waals surface area contributed by atoms with E-state index in [1.165, 1.54) is 0 Å². The van der Waals surface area contributed by atoms with Gasteiger partial charge in [-0.3, -0.25) is 0 Å². The van der Waals surface area contributed by atoms with Crippen molar-refractivity contribution < 1.29 is 9.47 Å². The monoisotopic (exact) mass is 265 g/mol. The van der Waals surface area contributed by atoms with E-state index in [9.17, 15) is 0 Å². The number of nitrogens with one attached hydrogen (secondary N) is 1. The van der Waals surface area contributed by atoms with Crippen LogP contribution in [0.3, 0.4) is 0 Å². The molecule has 1 aromatic carbocycles. The fourth-order valence-corrected chi connectivity index (χ4v) is 1.62. The summed E-state index contributed by atoms with van der Waals surface area (Å²) in [4.78, 5) is 0. The van der Waals surface area contributed by atoms with Gasteiger partial charge < -0.3 is 14.8 Å². The molecule has 1 N–H and O–H groups in total. The second-order valence-corrected chi connectivity index (χ2v) is 5.91. The van der Waals surface area contributed by atoms with E-state index in [1.807, 2.05) is 30.3 Å². The molecule has 0 aromatic heterocycles. The van der Waals surface area contributed by atoms with Crippen molar-refractivity contribution in [2.75, 3.05) is 26.4 Å². The van der Waals surface area contributed by atoms with Gasteiger partial charge in [0.1, 0.15) is 12.4 Å². The third-order valence-electron chi connectivity index (χ3n) is 2.72. The molecule has 0 saturated heterocycles. The molecule has 0 heterocycles. The number of ether oxygens (including phenoxy) is 2. The number of rotatable bonds is 9. The predicted octanol–water partition coefficient (Wildman–Crippen LogP) is 3.11. The topological polar surface area (TPSA) is 30.5 Å². The number of hydrogen-bond donors (Lipinski definition) is 1. The van der Waals surface area contributed by atoms with Gasteiger partial charge in [0.25, 0.3) is 0 Å². The second-order valence-electron chi connectivity index (χ2n) is 5.91. The van der Waals surface area contributed by atoms with Crippen LogP contribution >= 0.6 is 0 Å². The van der Waals surface area contributed by atoms with Crippen LogP contribution in [0.4, 0.5) is 0 Å². The molecule has 0 unspecified atom stereocenters. The third kappa shape index (κ3) is 7.85. The molecule has 0 saturated carbocycles. The van der Waals surface area contributed by atoms with Crippen molar-refractivity contribution in [3.63, 3.8) is 0 Å². The Kier molecular flexibility index (Phi) is 6.89. The minimum atomic E-state index is 0.150. The van der Waals surface area contributed by atoms with E-state index >= 15 is 0 Å². The number of hydrogen-bond acceptors (Lipinski definition) is 3. The Labute approximate surface area is 117 Å². The Morgan fingerprint density at radius 1 is 1.11 bits per heavy atom. The molecular weight excluding hydrogens is 238 g/mol. The zero-order valence-electron chi connectivity index (χ0n) is 12.6.